The summed E-state index contributed by atoms with van der Waals surface area (Å²) in [7, 11) is 0. The quantitative estimate of drug-likeness (QED) is 0.847. The lowest BCUT2D eigenvalue weighted by Gasteiger charge is -2.33. The molecule has 1 aliphatic carbocycles. The molecule has 3 atom stereocenters. The fourth-order valence-electron chi connectivity index (χ4n) is 4.73. The molecular weight excluding hydrogens is 335 g/mol. The van der Waals surface area contributed by atoms with Crippen LogP contribution in [0, 0.1) is 11.7 Å². The number of carbonyl (C=O) groups excluding carboxylic acids is 2. The van der Waals surface area contributed by atoms with Gasteiger partial charge in [-0.15, -0.1) is 0 Å². The number of likely N-dealkylation sites (tertiary alicyclic amines) is 1. The van der Waals surface area contributed by atoms with Crippen molar-refractivity contribution in [1.29, 1.82) is 0 Å². The standard InChI is InChI=1S/C19H25FN4O2/c1-12-10-13-4-2-3-5-17(13)24(12)19(26)22-16-11-14(6-7-15(16)20)23-9-8-21-18(23)25/h6-7,11-13,17H,2-5,8-10H2,1H3,(H,21,25)(H,22,26)/t12-,13-,17+/m1/s1. The molecule has 140 valence electrons. The molecule has 2 heterocycles. The van der Waals surface area contributed by atoms with E-state index in [-0.39, 0.29) is 29.8 Å². The van der Waals surface area contributed by atoms with Crippen LogP contribution in [-0.2, 0) is 0 Å². The van der Waals surface area contributed by atoms with E-state index in [9.17, 15) is 14.0 Å². The van der Waals surface area contributed by atoms with Crippen molar-refractivity contribution in [3.8, 4) is 0 Å². The van der Waals surface area contributed by atoms with Gasteiger partial charge in [0.1, 0.15) is 5.82 Å². The fourth-order valence-corrected chi connectivity index (χ4v) is 4.73. The first-order valence-electron chi connectivity index (χ1n) is 9.49. The molecular formula is C19H25FN4O2. The van der Waals surface area contributed by atoms with Crippen molar-refractivity contribution >= 4 is 23.4 Å². The van der Waals surface area contributed by atoms with Crippen LogP contribution in [0.1, 0.15) is 39.0 Å². The number of fused-ring (bicyclic) bond motifs is 1. The molecule has 0 bridgehead atoms. The molecule has 0 aromatic heterocycles. The van der Waals surface area contributed by atoms with E-state index in [1.165, 1.54) is 25.0 Å². The molecule has 26 heavy (non-hydrogen) atoms. The molecule has 7 heteroatoms. The van der Waals surface area contributed by atoms with Gasteiger partial charge >= 0.3 is 12.1 Å². The highest BCUT2D eigenvalue weighted by Crippen LogP contribution is 2.40. The van der Waals surface area contributed by atoms with E-state index < -0.39 is 5.82 Å². The summed E-state index contributed by atoms with van der Waals surface area (Å²) in [4.78, 5) is 28.2. The van der Waals surface area contributed by atoms with Crippen molar-refractivity contribution in [3.05, 3.63) is 24.0 Å². The van der Waals surface area contributed by atoms with Gasteiger partial charge in [0, 0.05) is 30.9 Å². The van der Waals surface area contributed by atoms with Crippen molar-refractivity contribution in [2.75, 3.05) is 23.3 Å². The van der Waals surface area contributed by atoms with Gasteiger partial charge in [-0.1, -0.05) is 12.8 Å². The third-order valence-corrected chi connectivity index (χ3v) is 5.94. The summed E-state index contributed by atoms with van der Waals surface area (Å²) in [6.45, 7) is 3.16. The highest BCUT2D eigenvalue weighted by Gasteiger charge is 2.42. The molecule has 3 fully saturated rings. The third kappa shape index (κ3) is 2.99. The summed E-state index contributed by atoms with van der Waals surface area (Å²) in [5, 5.41) is 5.47. The second-order valence-corrected chi connectivity index (χ2v) is 7.58. The van der Waals surface area contributed by atoms with E-state index in [0.717, 1.165) is 19.3 Å². The minimum Gasteiger partial charge on any atom is -0.336 e. The molecule has 0 radical (unpaired) electrons. The maximum absolute atomic E-state index is 14.3. The summed E-state index contributed by atoms with van der Waals surface area (Å²) < 4.78 is 14.3. The number of halogens is 1. The number of benzene rings is 1. The minimum absolute atomic E-state index is 0.124. The first-order chi connectivity index (χ1) is 12.5. The van der Waals surface area contributed by atoms with E-state index in [0.29, 0.717) is 24.7 Å². The van der Waals surface area contributed by atoms with Crippen LogP contribution >= 0.6 is 0 Å². The molecule has 0 spiro atoms. The first-order valence-corrected chi connectivity index (χ1v) is 9.49. The lowest BCUT2D eigenvalue weighted by Crippen LogP contribution is -2.44. The van der Waals surface area contributed by atoms with Crippen LogP contribution in [0.25, 0.3) is 0 Å². The highest BCUT2D eigenvalue weighted by molar-refractivity contribution is 5.96. The summed E-state index contributed by atoms with van der Waals surface area (Å²) in [5.41, 5.74) is 0.709. The van der Waals surface area contributed by atoms with Crippen LogP contribution in [0.5, 0.6) is 0 Å². The molecule has 4 amide bonds. The number of amides is 4. The van der Waals surface area contributed by atoms with E-state index in [4.69, 9.17) is 0 Å². The van der Waals surface area contributed by atoms with Crippen LogP contribution in [0.15, 0.2) is 18.2 Å². The second-order valence-electron chi connectivity index (χ2n) is 7.58. The van der Waals surface area contributed by atoms with Crippen LogP contribution < -0.4 is 15.5 Å². The minimum atomic E-state index is -0.492. The number of hydrogen-bond acceptors (Lipinski definition) is 2. The first kappa shape index (κ1) is 17.1. The zero-order chi connectivity index (χ0) is 18.3. The van der Waals surface area contributed by atoms with E-state index in [1.54, 1.807) is 11.0 Å². The number of nitrogens with one attached hydrogen (secondary N) is 2. The Hall–Kier alpha value is -2.31. The predicted molar refractivity (Wildman–Crippen MR) is 97.8 cm³/mol. The van der Waals surface area contributed by atoms with Gasteiger partial charge in [0.25, 0.3) is 0 Å². The van der Waals surface area contributed by atoms with Crippen LogP contribution in [0.4, 0.5) is 25.4 Å². The zero-order valence-corrected chi connectivity index (χ0v) is 15.0. The van der Waals surface area contributed by atoms with Crippen molar-refractivity contribution < 1.29 is 14.0 Å². The van der Waals surface area contributed by atoms with E-state index in [2.05, 4.69) is 17.6 Å². The number of urea groups is 2. The Morgan fingerprint density at radius 3 is 2.88 bits per heavy atom. The predicted octanol–water partition coefficient (Wildman–Crippen LogP) is 3.54. The van der Waals surface area contributed by atoms with Crippen LogP contribution in [0.2, 0.25) is 0 Å². The highest BCUT2D eigenvalue weighted by atomic mass is 19.1. The number of rotatable bonds is 2. The lowest BCUT2D eigenvalue weighted by molar-refractivity contribution is 0.168. The maximum atomic E-state index is 14.3. The molecule has 1 aromatic rings. The smallest absolute Gasteiger partial charge is 0.322 e. The van der Waals surface area contributed by atoms with Crippen molar-refractivity contribution in [3.63, 3.8) is 0 Å². The third-order valence-electron chi connectivity index (χ3n) is 5.94. The Balaban J connectivity index is 1.53. The molecule has 3 aliphatic rings. The summed E-state index contributed by atoms with van der Waals surface area (Å²) in [6.07, 6.45) is 5.60. The van der Waals surface area contributed by atoms with Crippen LogP contribution in [-0.4, -0.2) is 42.1 Å². The average Bonchev–Trinajstić information content (AvgIpc) is 3.19. The van der Waals surface area contributed by atoms with Crippen molar-refractivity contribution in [1.82, 2.24) is 10.2 Å². The zero-order valence-electron chi connectivity index (χ0n) is 15.0. The summed E-state index contributed by atoms with van der Waals surface area (Å²) in [6, 6.07) is 4.38. The van der Waals surface area contributed by atoms with Gasteiger partial charge in [-0.05, 0) is 50.3 Å². The molecule has 2 aliphatic heterocycles. The molecule has 2 N–H and O–H groups in total. The fraction of sp³-hybridized carbons (Fsp3) is 0.579. The van der Waals surface area contributed by atoms with Gasteiger partial charge < -0.3 is 15.5 Å². The van der Waals surface area contributed by atoms with Crippen LogP contribution in [0.3, 0.4) is 0 Å². The summed E-state index contributed by atoms with van der Waals surface area (Å²) in [5.74, 6) is 0.0720. The Morgan fingerprint density at radius 2 is 2.12 bits per heavy atom. The molecule has 1 saturated carbocycles. The van der Waals surface area contributed by atoms with Gasteiger partial charge in [0.05, 0.1) is 5.69 Å². The molecule has 4 rings (SSSR count). The number of carbonyl (C=O) groups is 2. The van der Waals surface area contributed by atoms with Gasteiger partial charge in [-0.3, -0.25) is 4.90 Å². The van der Waals surface area contributed by atoms with Gasteiger partial charge in [0.2, 0.25) is 0 Å². The Kier molecular flexibility index (Phi) is 4.46. The van der Waals surface area contributed by atoms with E-state index >= 15 is 0 Å². The van der Waals surface area contributed by atoms with E-state index in [1.807, 2.05) is 4.90 Å². The monoisotopic (exact) mass is 360 g/mol. The van der Waals surface area contributed by atoms with Gasteiger partial charge in [-0.25, -0.2) is 14.0 Å². The number of anilines is 2. The Bertz CT molecular complexity index is 725. The molecule has 1 aromatic carbocycles. The van der Waals surface area contributed by atoms with Gasteiger partial charge in [0.15, 0.2) is 0 Å². The SMILES string of the molecule is C[C@@H]1C[C@H]2CCCC[C@@H]2N1C(=O)Nc1cc(N2CCNC2=O)ccc1F. The number of hydrogen-bond donors (Lipinski definition) is 2. The summed E-state index contributed by atoms with van der Waals surface area (Å²) >= 11 is 0. The molecule has 6 nitrogen and oxygen atoms in total. The van der Waals surface area contributed by atoms with Crippen molar-refractivity contribution in [2.45, 2.75) is 51.1 Å². The topological polar surface area (TPSA) is 64.7 Å². The van der Waals surface area contributed by atoms with Gasteiger partial charge in [-0.2, -0.15) is 0 Å². The largest absolute Gasteiger partial charge is 0.336 e. The average molecular weight is 360 g/mol. The Labute approximate surface area is 152 Å². The normalized spacial score (nSPS) is 28.1. The lowest BCUT2D eigenvalue weighted by atomic mass is 9.85. The maximum Gasteiger partial charge on any atom is 0.322 e. The van der Waals surface area contributed by atoms with Crippen molar-refractivity contribution in [2.24, 2.45) is 5.92 Å². The molecule has 0 unspecified atom stereocenters. The Morgan fingerprint density at radius 1 is 1.31 bits per heavy atom. The second kappa shape index (κ2) is 6.78. The molecule has 2 saturated heterocycles. The number of nitrogens with zero attached hydrogens (tertiary/aromatic N) is 2.